The minimum Gasteiger partial charge on any atom is -0.383 e. The van der Waals surface area contributed by atoms with E-state index in [-0.39, 0.29) is 0 Å². The third-order valence-corrected chi connectivity index (χ3v) is 4.58. The first-order valence-electron chi connectivity index (χ1n) is 7.34. The van der Waals surface area contributed by atoms with Gasteiger partial charge in [0.2, 0.25) is 0 Å². The van der Waals surface area contributed by atoms with Crippen LogP contribution >= 0.6 is 11.8 Å². The Morgan fingerprint density at radius 2 is 2.00 bits per heavy atom. The largest absolute Gasteiger partial charge is 0.383 e. The molecule has 0 spiro atoms. The zero-order valence-electron chi connectivity index (χ0n) is 13.2. The van der Waals surface area contributed by atoms with Crippen LogP contribution in [0.1, 0.15) is 32.3 Å². The van der Waals surface area contributed by atoms with Gasteiger partial charge in [0.25, 0.3) is 0 Å². The highest BCUT2D eigenvalue weighted by molar-refractivity contribution is 7.98. The summed E-state index contributed by atoms with van der Waals surface area (Å²) in [4.78, 5) is 3.74. The number of nitrogens with two attached hydrogens (primary N) is 1. The van der Waals surface area contributed by atoms with Crippen molar-refractivity contribution in [3.63, 3.8) is 0 Å². The zero-order chi connectivity index (χ0) is 15.0. The summed E-state index contributed by atoms with van der Waals surface area (Å²) in [5, 5.41) is 0. The van der Waals surface area contributed by atoms with Crippen LogP contribution in [0.5, 0.6) is 0 Å². The van der Waals surface area contributed by atoms with E-state index in [2.05, 4.69) is 43.2 Å². The van der Waals surface area contributed by atoms with Gasteiger partial charge in [-0.25, -0.2) is 0 Å². The topological polar surface area (TPSA) is 38.5 Å². The molecule has 0 bridgehead atoms. The number of nitrogens with zero attached hydrogens (tertiary/aromatic N) is 1. The van der Waals surface area contributed by atoms with Gasteiger partial charge >= 0.3 is 0 Å². The second-order valence-electron chi connectivity index (χ2n) is 4.82. The molecule has 2 N–H and O–H groups in total. The van der Waals surface area contributed by atoms with Gasteiger partial charge in [0.15, 0.2) is 0 Å². The maximum absolute atomic E-state index is 6.01. The van der Waals surface area contributed by atoms with Gasteiger partial charge in [-0.15, -0.1) is 11.8 Å². The Morgan fingerprint density at radius 3 is 2.50 bits per heavy atom. The molecule has 1 aromatic carbocycles. The van der Waals surface area contributed by atoms with Crippen LogP contribution in [0, 0.1) is 0 Å². The molecule has 0 unspecified atom stereocenters. The molecule has 0 amide bonds. The van der Waals surface area contributed by atoms with Crippen molar-refractivity contribution in [3.8, 4) is 0 Å². The first-order valence-corrected chi connectivity index (χ1v) is 8.57. The number of methoxy groups -OCH3 is 1. The van der Waals surface area contributed by atoms with Gasteiger partial charge in [0.05, 0.1) is 6.61 Å². The summed E-state index contributed by atoms with van der Waals surface area (Å²) in [6.45, 7) is 6.72. The van der Waals surface area contributed by atoms with Gasteiger partial charge in [-0.05, 0) is 31.2 Å². The van der Waals surface area contributed by atoms with E-state index >= 15 is 0 Å². The fourth-order valence-corrected chi connectivity index (χ4v) is 3.29. The maximum Gasteiger partial charge on any atom is 0.0637 e. The highest BCUT2D eigenvalue weighted by Gasteiger charge is 2.19. The molecule has 4 heteroatoms. The summed E-state index contributed by atoms with van der Waals surface area (Å²) in [7, 11) is 1.76. The third kappa shape index (κ3) is 4.14. The Labute approximate surface area is 127 Å². The lowest BCUT2D eigenvalue weighted by molar-refractivity contribution is 0.202. The van der Waals surface area contributed by atoms with E-state index in [1.54, 1.807) is 18.9 Å². The average molecular weight is 296 g/mol. The van der Waals surface area contributed by atoms with Crippen molar-refractivity contribution in [1.82, 2.24) is 0 Å². The van der Waals surface area contributed by atoms with Crippen molar-refractivity contribution in [3.05, 3.63) is 23.8 Å². The number of ether oxygens (including phenoxy) is 1. The monoisotopic (exact) mass is 296 g/mol. The Kier molecular flexibility index (Phi) is 8.04. The molecule has 0 aliphatic carbocycles. The molecule has 0 saturated heterocycles. The van der Waals surface area contributed by atoms with Crippen LogP contribution in [-0.2, 0) is 11.3 Å². The molecular weight excluding hydrogens is 268 g/mol. The fourth-order valence-electron chi connectivity index (χ4n) is 2.64. The van der Waals surface area contributed by atoms with Gasteiger partial charge in [-0.2, -0.15) is 0 Å². The SMILES string of the molecule is CCC(CC)N(CCOC)c1cccc(SC)c1CN. The number of rotatable bonds is 9. The molecule has 0 heterocycles. The molecule has 0 saturated carbocycles. The Bertz CT molecular complexity index is 394. The van der Waals surface area contributed by atoms with Crippen LogP contribution < -0.4 is 10.6 Å². The van der Waals surface area contributed by atoms with Crippen molar-refractivity contribution in [1.29, 1.82) is 0 Å². The molecule has 1 rings (SSSR count). The summed E-state index contributed by atoms with van der Waals surface area (Å²) < 4.78 is 5.28. The van der Waals surface area contributed by atoms with Crippen molar-refractivity contribution in [2.24, 2.45) is 5.73 Å². The maximum atomic E-state index is 6.01. The smallest absolute Gasteiger partial charge is 0.0637 e. The third-order valence-electron chi connectivity index (χ3n) is 3.76. The summed E-state index contributed by atoms with van der Waals surface area (Å²) >= 11 is 1.76. The molecule has 0 aromatic heterocycles. The standard InChI is InChI=1S/C16H28N2OS/c1-5-13(6-2)18(10-11-19-3)15-8-7-9-16(20-4)14(15)12-17/h7-9,13H,5-6,10-12,17H2,1-4H3. The van der Waals surface area contributed by atoms with Gasteiger partial charge < -0.3 is 15.4 Å². The molecule has 20 heavy (non-hydrogen) atoms. The van der Waals surface area contributed by atoms with E-state index in [4.69, 9.17) is 10.5 Å². The second-order valence-corrected chi connectivity index (χ2v) is 5.67. The first kappa shape index (κ1) is 17.3. The highest BCUT2D eigenvalue weighted by Crippen LogP contribution is 2.31. The average Bonchev–Trinajstić information content (AvgIpc) is 2.50. The molecule has 0 atom stereocenters. The lowest BCUT2D eigenvalue weighted by atomic mass is 10.1. The number of benzene rings is 1. The Morgan fingerprint density at radius 1 is 1.30 bits per heavy atom. The first-order chi connectivity index (χ1) is 9.73. The van der Waals surface area contributed by atoms with Crippen LogP contribution in [-0.4, -0.2) is 32.6 Å². The molecule has 114 valence electrons. The summed E-state index contributed by atoms with van der Waals surface area (Å²) in [6.07, 6.45) is 4.37. The lowest BCUT2D eigenvalue weighted by Crippen LogP contribution is -2.38. The zero-order valence-corrected chi connectivity index (χ0v) is 14.0. The molecular formula is C16H28N2OS. The van der Waals surface area contributed by atoms with E-state index < -0.39 is 0 Å². The number of hydrogen-bond acceptors (Lipinski definition) is 4. The van der Waals surface area contributed by atoms with Gasteiger partial charge in [-0.1, -0.05) is 19.9 Å². The molecule has 1 aromatic rings. The van der Waals surface area contributed by atoms with Gasteiger partial charge in [-0.3, -0.25) is 0 Å². The predicted molar refractivity (Wildman–Crippen MR) is 89.7 cm³/mol. The number of anilines is 1. The molecule has 0 aliphatic rings. The predicted octanol–water partition coefficient (Wildman–Crippen LogP) is 3.51. The lowest BCUT2D eigenvalue weighted by Gasteiger charge is -2.34. The normalized spacial score (nSPS) is 11.1. The van der Waals surface area contributed by atoms with Gasteiger partial charge in [0, 0.05) is 42.4 Å². The van der Waals surface area contributed by atoms with Crippen LogP contribution in [0.3, 0.4) is 0 Å². The van der Waals surface area contributed by atoms with E-state index in [1.807, 2.05) is 0 Å². The fraction of sp³-hybridized carbons (Fsp3) is 0.625. The summed E-state index contributed by atoms with van der Waals surface area (Å²) in [6, 6.07) is 7.00. The van der Waals surface area contributed by atoms with E-state index in [0.717, 1.165) is 26.0 Å². The van der Waals surface area contributed by atoms with Crippen molar-refractivity contribution in [2.45, 2.75) is 44.2 Å². The van der Waals surface area contributed by atoms with E-state index in [1.165, 1.54) is 16.1 Å². The van der Waals surface area contributed by atoms with Gasteiger partial charge in [0.1, 0.15) is 0 Å². The van der Waals surface area contributed by atoms with E-state index in [9.17, 15) is 0 Å². The number of hydrogen-bond donors (Lipinski definition) is 1. The second kappa shape index (κ2) is 9.27. The van der Waals surface area contributed by atoms with Crippen LogP contribution in [0.4, 0.5) is 5.69 Å². The minimum atomic E-state index is 0.535. The highest BCUT2D eigenvalue weighted by atomic mass is 32.2. The molecule has 3 nitrogen and oxygen atoms in total. The molecule has 0 aliphatic heterocycles. The van der Waals surface area contributed by atoms with Crippen molar-refractivity contribution >= 4 is 17.4 Å². The van der Waals surface area contributed by atoms with E-state index in [0.29, 0.717) is 12.6 Å². The quantitative estimate of drug-likeness (QED) is 0.708. The molecule has 0 radical (unpaired) electrons. The van der Waals surface area contributed by atoms with Crippen molar-refractivity contribution in [2.75, 3.05) is 31.4 Å². The molecule has 0 fully saturated rings. The summed E-state index contributed by atoms with van der Waals surface area (Å²) in [5.74, 6) is 0. The Balaban J connectivity index is 3.17. The summed E-state index contributed by atoms with van der Waals surface area (Å²) in [5.41, 5.74) is 8.53. The van der Waals surface area contributed by atoms with Crippen LogP contribution in [0.2, 0.25) is 0 Å². The van der Waals surface area contributed by atoms with Crippen LogP contribution in [0.15, 0.2) is 23.1 Å². The number of thioether (sulfide) groups is 1. The van der Waals surface area contributed by atoms with Crippen molar-refractivity contribution < 1.29 is 4.74 Å². The Hall–Kier alpha value is -0.710. The van der Waals surface area contributed by atoms with Crippen LogP contribution in [0.25, 0.3) is 0 Å². The minimum absolute atomic E-state index is 0.535.